The van der Waals surface area contributed by atoms with Gasteiger partial charge in [-0.1, -0.05) is 23.7 Å². The number of halogens is 1. The first-order valence-corrected chi connectivity index (χ1v) is 12.7. The summed E-state index contributed by atoms with van der Waals surface area (Å²) in [7, 11) is 6.27. The molecule has 2 unspecified atom stereocenters. The van der Waals surface area contributed by atoms with Crippen LogP contribution in [0.4, 0.5) is 5.69 Å². The van der Waals surface area contributed by atoms with E-state index in [1.807, 2.05) is 30.5 Å². The molecule has 7 nitrogen and oxygen atoms in total. The minimum atomic E-state index is -0.733. The number of nitrogens with one attached hydrogen (secondary N) is 1. The van der Waals surface area contributed by atoms with Gasteiger partial charge in [0.15, 0.2) is 11.5 Å². The molecule has 0 spiro atoms. The van der Waals surface area contributed by atoms with E-state index in [1.165, 1.54) is 21.3 Å². The molecule has 0 fully saturated rings. The van der Waals surface area contributed by atoms with Crippen LogP contribution in [0.25, 0.3) is 0 Å². The molecule has 0 saturated carbocycles. The monoisotopic (exact) mass is 526 g/mol. The Morgan fingerprint density at radius 2 is 1.58 bits per heavy atom. The van der Waals surface area contributed by atoms with Crippen molar-refractivity contribution in [3.05, 3.63) is 76.3 Å². The first-order valence-electron chi connectivity index (χ1n) is 11.1. The van der Waals surface area contributed by atoms with Crippen LogP contribution in [0, 0.1) is 0 Å². The van der Waals surface area contributed by atoms with Gasteiger partial charge in [0.2, 0.25) is 5.91 Å². The summed E-state index contributed by atoms with van der Waals surface area (Å²) >= 11 is 7.91. The lowest BCUT2D eigenvalue weighted by Crippen LogP contribution is -2.44. The molecule has 4 rings (SSSR count). The van der Waals surface area contributed by atoms with Crippen LogP contribution in [-0.4, -0.2) is 51.3 Å². The highest BCUT2D eigenvalue weighted by Crippen LogP contribution is 2.46. The summed E-state index contributed by atoms with van der Waals surface area (Å²) in [6.07, 6.45) is 2.00. The van der Waals surface area contributed by atoms with Crippen LogP contribution in [-0.2, 0) is 4.79 Å². The molecule has 3 aromatic rings. The Balaban J connectivity index is 1.85. The molecular formula is C27H27ClN2O5S. The largest absolute Gasteiger partial charge is 0.495 e. The molecule has 1 heterocycles. The lowest BCUT2D eigenvalue weighted by atomic mass is 9.79. The second-order valence-electron chi connectivity index (χ2n) is 8.24. The SMILES string of the molecule is COc1ccc(NC(=O)C2c3cc(OC)c(OC)cc3C(=O)N(C)C2c2ccc(SC)cc2)cc1Cl. The summed E-state index contributed by atoms with van der Waals surface area (Å²) in [5, 5.41) is 3.35. The molecule has 2 atom stereocenters. The van der Waals surface area contributed by atoms with Crippen LogP contribution < -0.4 is 19.5 Å². The summed E-state index contributed by atoms with van der Waals surface area (Å²) in [6, 6.07) is 15.7. The summed E-state index contributed by atoms with van der Waals surface area (Å²) < 4.78 is 16.2. The topological polar surface area (TPSA) is 77.1 Å². The van der Waals surface area contributed by atoms with E-state index in [9.17, 15) is 9.59 Å². The van der Waals surface area contributed by atoms with Gasteiger partial charge in [0.25, 0.3) is 5.91 Å². The van der Waals surface area contributed by atoms with E-state index in [2.05, 4.69) is 5.32 Å². The second kappa shape index (κ2) is 10.7. The van der Waals surface area contributed by atoms with Crippen molar-refractivity contribution in [2.24, 2.45) is 0 Å². The Morgan fingerprint density at radius 1 is 0.944 bits per heavy atom. The van der Waals surface area contributed by atoms with Gasteiger partial charge in [-0.25, -0.2) is 0 Å². The number of carbonyl (C=O) groups is 2. The van der Waals surface area contributed by atoms with Gasteiger partial charge >= 0.3 is 0 Å². The van der Waals surface area contributed by atoms with E-state index in [0.717, 1.165) is 10.5 Å². The van der Waals surface area contributed by atoms with E-state index in [-0.39, 0.29) is 11.8 Å². The smallest absolute Gasteiger partial charge is 0.254 e. The van der Waals surface area contributed by atoms with E-state index >= 15 is 0 Å². The number of rotatable bonds is 7. The fourth-order valence-corrected chi connectivity index (χ4v) is 5.18. The average Bonchev–Trinajstić information content (AvgIpc) is 2.89. The van der Waals surface area contributed by atoms with Crippen molar-refractivity contribution in [2.45, 2.75) is 16.9 Å². The van der Waals surface area contributed by atoms with Crippen molar-refractivity contribution in [1.82, 2.24) is 4.90 Å². The van der Waals surface area contributed by atoms with Gasteiger partial charge in [-0.3, -0.25) is 9.59 Å². The number of carbonyl (C=O) groups excluding carboxylic acids is 2. The number of benzene rings is 3. The maximum absolute atomic E-state index is 13.9. The molecule has 0 aliphatic carbocycles. The molecule has 1 N–H and O–H groups in total. The van der Waals surface area contributed by atoms with E-state index < -0.39 is 12.0 Å². The molecule has 0 bridgehead atoms. The normalized spacial score (nSPS) is 16.8. The Morgan fingerprint density at radius 3 is 2.17 bits per heavy atom. The molecular weight excluding hydrogens is 500 g/mol. The molecule has 36 heavy (non-hydrogen) atoms. The highest BCUT2D eigenvalue weighted by atomic mass is 35.5. The summed E-state index contributed by atoms with van der Waals surface area (Å²) in [4.78, 5) is 30.1. The molecule has 9 heteroatoms. The van der Waals surface area contributed by atoms with Crippen molar-refractivity contribution in [3.63, 3.8) is 0 Å². The van der Waals surface area contributed by atoms with Gasteiger partial charge in [-0.15, -0.1) is 11.8 Å². The second-order valence-corrected chi connectivity index (χ2v) is 9.53. The fraction of sp³-hybridized carbons (Fsp3) is 0.259. The number of methoxy groups -OCH3 is 3. The minimum absolute atomic E-state index is 0.207. The first kappa shape index (κ1) is 25.7. The van der Waals surface area contributed by atoms with E-state index in [1.54, 1.807) is 54.0 Å². The average molecular weight is 527 g/mol. The van der Waals surface area contributed by atoms with Crippen molar-refractivity contribution in [1.29, 1.82) is 0 Å². The van der Waals surface area contributed by atoms with Gasteiger partial charge in [0, 0.05) is 23.2 Å². The maximum Gasteiger partial charge on any atom is 0.254 e. The number of nitrogens with zero attached hydrogens (tertiary/aromatic N) is 1. The predicted molar refractivity (Wildman–Crippen MR) is 142 cm³/mol. The summed E-state index contributed by atoms with van der Waals surface area (Å²) in [5.41, 5.74) is 2.31. The van der Waals surface area contributed by atoms with Crippen molar-refractivity contribution < 1.29 is 23.8 Å². The maximum atomic E-state index is 13.9. The zero-order valence-corrected chi connectivity index (χ0v) is 22.2. The summed E-state index contributed by atoms with van der Waals surface area (Å²) in [6.45, 7) is 0. The van der Waals surface area contributed by atoms with Crippen molar-refractivity contribution in [2.75, 3.05) is 39.9 Å². The lowest BCUT2D eigenvalue weighted by molar-refractivity contribution is -0.119. The number of hydrogen-bond donors (Lipinski definition) is 1. The van der Waals surface area contributed by atoms with Gasteiger partial charge in [-0.2, -0.15) is 0 Å². The third kappa shape index (κ3) is 4.70. The molecule has 0 saturated heterocycles. The van der Waals surface area contributed by atoms with Crippen molar-refractivity contribution in [3.8, 4) is 17.2 Å². The predicted octanol–water partition coefficient (Wildman–Crippen LogP) is 5.64. The quantitative estimate of drug-likeness (QED) is 0.402. The number of amides is 2. The molecule has 0 radical (unpaired) electrons. The fourth-order valence-electron chi connectivity index (χ4n) is 4.51. The number of likely N-dealkylation sites (N-methyl/N-ethyl adjacent to an activating group) is 1. The van der Waals surface area contributed by atoms with Gasteiger partial charge in [-0.05, 0) is 59.8 Å². The molecule has 1 aliphatic rings. The number of ether oxygens (including phenoxy) is 3. The highest BCUT2D eigenvalue weighted by molar-refractivity contribution is 7.98. The van der Waals surface area contributed by atoms with Crippen LogP contribution in [0.1, 0.15) is 33.4 Å². The third-order valence-electron chi connectivity index (χ3n) is 6.33. The van der Waals surface area contributed by atoms with Crippen LogP contribution in [0.2, 0.25) is 5.02 Å². The molecule has 2 amide bonds. The number of hydrogen-bond acceptors (Lipinski definition) is 6. The standard InChI is InChI=1S/C27H27ClN2O5S/c1-30-25(15-6-9-17(36-5)10-7-15)24(26(31)29-16-8-11-21(33-2)20(28)12-16)18-13-22(34-3)23(35-4)14-19(18)27(30)32/h6-14,24-25H,1-5H3,(H,29,31). The number of thioether (sulfide) groups is 1. The number of fused-ring (bicyclic) bond motifs is 1. The zero-order valence-electron chi connectivity index (χ0n) is 20.6. The molecule has 0 aromatic heterocycles. The van der Waals surface area contributed by atoms with Crippen LogP contribution in [0.5, 0.6) is 17.2 Å². The van der Waals surface area contributed by atoms with Gasteiger partial charge < -0.3 is 24.4 Å². The molecule has 1 aliphatic heterocycles. The van der Waals surface area contributed by atoms with E-state index in [0.29, 0.717) is 39.1 Å². The van der Waals surface area contributed by atoms with Gasteiger partial charge in [0.05, 0.1) is 38.3 Å². The first-order chi connectivity index (χ1) is 17.3. The third-order valence-corrected chi connectivity index (χ3v) is 7.37. The zero-order chi connectivity index (χ0) is 26.0. The van der Waals surface area contributed by atoms with Crippen LogP contribution in [0.3, 0.4) is 0 Å². The Kier molecular flexibility index (Phi) is 7.66. The molecule has 188 valence electrons. The Labute approximate surface area is 219 Å². The van der Waals surface area contributed by atoms with Crippen LogP contribution >= 0.6 is 23.4 Å². The highest BCUT2D eigenvalue weighted by Gasteiger charge is 2.43. The minimum Gasteiger partial charge on any atom is -0.495 e. The Bertz CT molecular complexity index is 1300. The van der Waals surface area contributed by atoms with Gasteiger partial charge in [0.1, 0.15) is 5.75 Å². The number of anilines is 1. The van der Waals surface area contributed by atoms with Crippen LogP contribution in [0.15, 0.2) is 59.5 Å². The summed E-state index contributed by atoms with van der Waals surface area (Å²) in [5.74, 6) is 0.136. The molecule has 3 aromatic carbocycles. The lowest BCUT2D eigenvalue weighted by Gasteiger charge is -2.40. The Hall–Kier alpha value is -3.36. The van der Waals surface area contributed by atoms with Crippen molar-refractivity contribution >= 4 is 40.9 Å². The van der Waals surface area contributed by atoms with E-state index in [4.69, 9.17) is 25.8 Å².